The first kappa shape index (κ1) is 15.6. The molecule has 1 atom stereocenters. The van der Waals surface area contributed by atoms with Crippen LogP contribution in [0.15, 0.2) is 28.8 Å². The third-order valence-corrected chi connectivity index (χ3v) is 4.71. The van der Waals surface area contributed by atoms with E-state index >= 15 is 0 Å². The number of hydrogen-bond donors (Lipinski definition) is 0. The minimum Gasteiger partial charge on any atom is -0.497 e. The van der Waals surface area contributed by atoms with E-state index in [1.165, 1.54) is 12.8 Å². The lowest BCUT2D eigenvalue weighted by atomic mass is 10.1. The Balaban J connectivity index is 1.45. The second-order valence-electron chi connectivity index (χ2n) is 6.63. The summed E-state index contributed by atoms with van der Waals surface area (Å²) in [7, 11) is 1.65. The first-order chi connectivity index (χ1) is 11.8. The smallest absolute Gasteiger partial charge is 0.241 e. The Morgan fingerprint density at radius 2 is 2.21 bits per heavy atom. The Labute approximate surface area is 141 Å². The molecule has 2 aliphatic rings. The van der Waals surface area contributed by atoms with Crippen LogP contribution >= 0.6 is 0 Å². The van der Waals surface area contributed by atoms with Crippen molar-refractivity contribution in [1.82, 2.24) is 15.0 Å². The first-order valence-electron chi connectivity index (χ1n) is 8.60. The van der Waals surface area contributed by atoms with E-state index in [4.69, 9.17) is 14.0 Å². The molecule has 1 aromatic carbocycles. The van der Waals surface area contributed by atoms with Gasteiger partial charge >= 0.3 is 0 Å². The average Bonchev–Trinajstić information content (AvgIpc) is 3.14. The predicted molar refractivity (Wildman–Crippen MR) is 88.6 cm³/mol. The van der Waals surface area contributed by atoms with Gasteiger partial charge in [-0.2, -0.15) is 4.98 Å². The van der Waals surface area contributed by atoms with E-state index < -0.39 is 0 Å². The van der Waals surface area contributed by atoms with Gasteiger partial charge in [0, 0.05) is 24.8 Å². The van der Waals surface area contributed by atoms with Crippen molar-refractivity contribution in [2.75, 3.05) is 26.9 Å². The van der Waals surface area contributed by atoms with E-state index in [2.05, 4.69) is 15.0 Å². The number of nitrogens with zero attached hydrogens (tertiary/aromatic N) is 3. The van der Waals surface area contributed by atoms with Gasteiger partial charge in [0.25, 0.3) is 0 Å². The molecule has 1 aromatic heterocycles. The fraction of sp³-hybridized carbons (Fsp3) is 0.556. The molecule has 0 unspecified atom stereocenters. The van der Waals surface area contributed by atoms with E-state index in [1.807, 2.05) is 24.3 Å². The molecule has 128 valence electrons. The number of aromatic nitrogens is 2. The number of ether oxygens (including phenoxy) is 2. The molecular formula is C18H23N3O3. The summed E-state index contributed by atoms with van der Waals surface area (Å²) in [6, 6.07) is 8.39. The molecule has 2 heterocycles. The van der Waals surface area contributed by atoms with Crippen LogP contribution in [0.3, 0.4) is 0 Å². The zero-order chi connectivity index (χ0) is 16.4. The molecule has 0 bridgehead atoms. The molecule has 1 saturated heterocycles. The molecule has 6 heteroatoms. The van der Waals surface area contributed by atoms with Crippen molar-refractivity contribution in [3.8, 4) is 17.1 Å². The normalized spacial score (nSPS) is 20.7. The van der Waals surface area contributed by atoms with Gasteiger partial charge in [0.2, 0.25) is 11.7 Å². The highest BCUT2D eigenvalue weighted by Gasteiger charge is 2.32. The van der Waals surface area contributed by atoms with Crippen LogP contribution in [0.4, 0.5) is 0 Å². The molecule has 1 aliphatic heterocycles. The van der Waals surface area contributed by atoms with E-state index in [0.29, 0.717) is 23.7 Å². The van der Waals surface area contributed by atoms with Crippen LogP contribution < -0.4 is 4.74 Å². The van der Waals surface area contributed by atoms with Gasteiger partial charge in [0.1, 0.15) is 5.75 Å². The van der Waals surface area contributed by atoms with E-state index in [1.54, 1.807) is 7.11 Å². The van der Waals surface area contributed by atoms with Crippen molar-refractivity contribution < 1.29 is 14.0 Å². The van der Waals surface area contributed by atoms with Crippen LogP contribution in [-0.2, 0) is 11.3 Å². The lowest BCUT2D eigenvalue weighted by Gasteiger charge is -2.22. The molecule has 6 nitrogen and oxygen atoms in total. The Morgan fingerprint density at radius 3 is 2.96 bits per heavy atom. The van der Waals surface area contributed by atoms with Gasteiger partial charge in [-0.3, -0.25) is 4.90 Å². The molecule has 4 rings (SSSR count). The molecule has 2 fully saturated rings. The summed E-state index contributed by atoms with van der Waals surface area (Å²) in [5.74, 6) is 2.72. The quantitative estimate of drug-likeness (QED) is 0.778. The highest BCUT2D eigenvalue weighted by Crippen LogP contribution is 2.30. The number of methoxy groups -OCH3 is 1. The lowest BCUT2D eigenvalue weighted by Crippen LogP contribution is -2.31. The molecule has 0 amide bonds. The fourth-order valence-electron chi connectivity index (χ4n) is 3.21. The zero-order valence-corrected chi connectivity index (χ0v) is 14.0. The highest BCUT2D eigenvalue weighted by molar-refractivity contribution is 5.56. The Bertz CT molecular complexity index is 678. The Morgan fingerprint density at radius 1 is 1.29 bits per heavy atom. The summed E-state index contributed by atoms with van der Waals surface area (Å²) in [4.78, 5) is 7.05. The molecule has 2 aromatic rings. The van der Waals surface area contributed by atoms with Gasteiger partial charge in [-0.05, 0) is 37.3 Å². The maximum absolute atomic E-state index is 5.50. The summed E-state index contributed by atoms with van der Waals surface area (Å²) in [6.45, 7) is 3.55. The van der Waals surface area contributed by atoms with Crippen molar-refractivity contribution >= 4 is 0 Å². The number of benzene rings is 1. The molecule has 24 heavy (non-hydrogen) atoms. The topological polar surface area (TPSA) is 60.6 Å². The standard InChI is InChI=1S/C18H23N3O3/c1-22-16-4-2-3-14(9-16)18-19-17(24-20-18)11-21(15-5-6-15)10-13-7-8-23-12-13/h2-4,9,13,15H,5-8,10-12H2,1H3/t13-/m1/s1. The van der Waals surface area contributed by atoms with E-state index in [-0.39, 0.29) is 0 Å². The van der Waals surface area contributed by atoms with E-state index in [0.717, 1.165) is 44.0 Å². The second kappa shape index (κ2) is 6.91. The van der Waals surface area contributed by atoms with Gasteiger partial charge in [-0.15, -0.1) is 0 Å². The minimum atomic E-state index is 0.615. The van der Waals surface area contributed by atoms with Crippen molar-refractivity contribution in [2.45, 2.75) is 31.8 Å². The van der Waals surface area contributed by atoms with Crippen LogP contribution in [0, 0.1) is 5.92 Å². The Kier molecular flexibility index (Phi) is 4.49. The SMILES string of the molecule is COc1cccc(-c2noc(CN(C[C@H]3CCOC3)C3CC3)n2)c1. The molecule has 1 saturated carbocycles. The van der Waals surface area contributed by atoms with Crippen LogP contribution in [0.25, 0.3) is 11.4 Å². The molecule has 0 N–H and O–H groups in total. The molecular weight excluding hydrogens is 306 g/mol. The second-order valence-corrected chi connectivity index (χ2v) is 6.63. The van der Waals surface area contributed by atoms with Gasteiger partial charge in [0.15, 0.2) is 0 Å². The zero-order valence-electron chi connectivity index (χ0n) is 14.0. The van der Waals surface area contributed by atoms with Gasteiger partial charge in [-0.1, -0.05) is 17.3 Å². The minimum absolute atomic E-state index is 0.615. The maximum atomic E-state index is 5.50. The largest absolute Gasteiger partial charge is 0.497 e. The summed E-state index contributed by atoms with van der Waals surface area (Å²) in [6.07, 6.45) is 3.69. The number of rotatable bonds is 7. The van der Waals surface area contributed by atoms with Crippen LogP contribution in [0.1, 0.15) is 25.2 Å². The summed E-state index contributed by atoms with van der Waals surface area (Å²) in [5, 5.41) is 4.13. The third kappa shape index (κ3) is 3.60. The molecule has 0 spiro atoms. The monoisotopic (exact) mass is 329 g/mol. The lowest BCUT2D eigenvalue weighted by molar-refractivity contribution is 0.153. The molecule has 1 aliphatic carbocycles. The van der Waals surface area contributed by atoms with Crippen molar-refractivity contribution in [1.29, 1.82) is 0 Å². The van der Waals surface area contributed by atoms with Crippen molar-refractivity contribution in [3.05, 3.63) is 30.2 Å². The van der Waals surface area contributed by atoms with E-state index in [9.17, 15) is 0 Å². The van der Waals surface area contributed by atoms with Gasteiger partial charge in [-0.25, -0.2) is 0 Å². The predicted octanol–water partition coefficient (Wildman–Crippen LogP) is 2.75. The number of hydrogen-bond acceptors (Lipinski definition) is 6. The summed E-state index contributed by atoms with van der Waals surface area (Å²) < 4.78 is 16.2. The highest BCUT2D eigenvalue weighted by atomic mass is 16.5. The van der Waals surface area contributed by atoms with Gasteiger partial charge < -0.3 is 14.0 Å². The summed E-state index contributed by atoms with van der Waals surface area (Å²) in [5.41, 5.74) is 0.909. The summed E-state index contributed by atoms with van der Waals surface area (Å²) >= 11 is 0. The molecule has 0 radical (unpaired) electrons. The maximum Gasteiger partial charge on any atom is 0.241 e. The first-order valence-corrected chi connectivity index (χ1v) is 8.60. The fourth-order valence-corrected chi connectivity index (χ4v) is 3.21. The van der Waals surface area contributed by atoms with Crippen LogP contribution in [-0.4, -0.2) is 48.0 Å². The van der Waals surface area contributed by atoms with Gasteiger partial charge in [0.05, 0.1) is 20.3 Å². The average molecular weight is 329 g/mol. The Hall–Kier alpha value is -1.92. The third-order valence-electron chi connectivity index (χ3n) is 4.71. The van der Waals surface area contributed by atoms with Crippen LogP contribution in [0.2, 0.25) is 0 Å². The van der Waals surface area contributed by atoms with Crippen LogP contribution in [0.5, 0.6) is 5.75 Å². The van der Waals surface area contributed by atoms with Crippen molar-refractivity contribution in [3.63, 3.8) is 0 Å². The van der Waals surface area contributed by atoms with Crippen molar-refractivity contribution in [2.24, 2.45) is 5.92 Å².